The highest BCUT2D eigenvalue weighted by atomic mass is 32.1. The summed E-state index contributed by atoms with van der Waals surface area (Å²) in [5, 5.41) is 1.23. The van der Waals surface area contributed by atoms with Crippen molar-refractivity contribution in [3.8, 4) is 0 Å². The van der Waals surface area contributed by atoms with Gasteiger partial charge in [-0.1, -0.05) is 12.1 Å². The molecule has 0 saturated carbocycles. The van der Waals surface area contributed by atoms with Crippen LogP contribution in [0.25, 0.3) is 10.2 Å². The molecule has 17 heavy (non-hydrogen) atoms. The predicted molar refractivity (Wildman–Crippen MR) is 69.2 cm³/mol. The number of nitrogens with zero attached hydrogens (tertiary/aromatic N) is 2. The van der Waals surface area contributed by atoms with Crippen LogP contribution in [0.4, 0.5) is 0 Å². The van der Waals surface area contributed by atoms with E-state index in [4.69, 9.17) is 4.98 Å². The number of para-hydroxylation sites is 1. The number of likely N-dealkylation sites (tertiary alicyclic amines) is 1. The third kappa shape index (κ3) is 2.05. The van der Waals surface area contributed by atoms with E-state index in [2.05, 4.69) is 18.2 Å². The Morgan fingerprint density at radius 3 is 2.76 bits per heavy atom. The summed E-state index contributed by atoms with van der Waals surface area (Å²) in [5.74, 6) is 0.531. The van der Waals surface area contributed by atoms with E-state index in [1.807, 2.05) is 11.0 Å². The number of carbonyl (C=O) groups is 1. The van der Waals surface area contributed by atoms with Gasteiger partial charge in [-0.05, 0) is 25.0 Å². The molecule has 88 valence electrons. The Kier molecular flexibility index (Phi) is 2.81. The molecule has 0 bridgehead atoms. The van der Waals surface area contributed by atoms with Gasteiger partial charge in [0.1, 0.15) is 0 Å². The predicted octanol–water partition coefficient (Wildman–Crippen LogP) is 2.63. The third-order valence-corrected chi connectivity index (χ3v) is 4.54. The molecule has 0 radical (unpaired) electrons. The van der Waals surface area contributed by atoms with Gasteiger partial charge >= 0.3 is 0 Å². The molecule has 1 aromatic heterocycles. The quantitative estimate of drug-likeness (QED) is 0.763. The molecule has 0 aliphatic carbocycles. The Morgan fingerprint density at radius 2 is 2.06 bits per heavy atom. The number of hydrogen-bond acceptors (Lipinski definition) is 3. The minimum absolute atomic E-state index is 0.531. The fraction of sp³-hybridized carbons (Fsp3) is 0.385. The lowest BCUT2D eigenvalue weighted by Crippen LogP contribution is -2.31. The maximum atomic E-state index is 10.7. The van der Waals surface area contributed by atoms with Gasteiger partial charge in [-0.3, -0.25) is 4.79 Å². The molecule has 1 amide bonds. The zero-order chi connectivity index (χ0) is 11.7. The molecule has 0 spiro atoms. The molecule has 1 saturated heterocycles. The molecule has 2 aromatic rings. The smallest absolute Gasteiger partial charge is 0.209 e. The normalized spacial score (nSPS) is 17.5. The van der Waals surface area contributed by atoms with Crippen LogP contribution in [0.1, 0.15) is 23.8 Å². The molecule has 1 aliphatic heterocycles. The lowest BCUT2D eigenvalue weighted by molar-refractivity contribution is -0.119. The van der Waals surface area contributed by atoms with Crippen molar-refractivity contribution >= 4 is 28.0 Å². The van der Waals surface area contributed by atoms with E-state index in [0.717, 1.165) is 37.9 Å². The van der Waals surface area contributed by atoms with Crippen molar-refractivity contribution in [2.24, 2.45) is 0 Å². The second-order valence-corrected chi connectivity index (χ2v) is 5.50. The van der Waals surface area contributed by atoms with Crippen LogP contribution in [0.15, 0.2) is 24.3 Å². The summed E-state index contributed by atoms with van der Waals surface area (Å²) in [6, 6.07) is 8.27. The number of thiazole rings is 1. The summed E-state index contributed by atoms with van der Waals surface area (Å²) < 4.78 is 1.26. The molecule has 0 N–H and O–H groups in total. The summed E-state index contributed by atoms with van der Waals surface area (Å²) in [6.45, 7) is 1.73. The number of amides is 1. The fourth-order valence-corrected chi connectivity index (χ4v) is 3.45. The van der Waals surface area contributed by atoms with Crippen molar-refractivity contribution in [1.82, 2.24) is 9.88 Å². The Morgan fingerprint density at radius 1 is 1.29 bits per heavy atom. The number of hydrogen-bond donors (Lipinski definition) is 0. The number of rotatable bonds is 2. The van der Waals surface area contributed by atoms with Crippen LogP contribution < -0.4 is 0 Å². The maximum absolute atomic E-state index is 10.7. The topological polar surface area (TPSA) is 33.2 Å². The summed E-state index contributed by atoms with van der Waals surface area (Å²) in [5.41, 5.74) is 1.10. The fourth-order valence-electron chi connectivity index (χ4n) is 2.32. The Labute approximate surface area is 104 Å². The highest BCUT2D eigenvalue weighted by Gasteiger charge is 2.22. The summed E-state index contributed by atoms with van der Waals surface area (Å²) >= 11 is 1.79. The minimum Gasteiger partial charge on any atom is -0.345 e. The molecule has 0 atom stereocenters. The largest absolute Gasteiger partial charge is 0.345 e. The number of piperidine rings is 1. The molecule has 3 rings (SSSR count). The van der Waals surface area contributed by atoms with Crippen LogP contribution in [0, 0.1) is 0 Å². The first-order valence-corrected chi connectivity index (χ1v) is 6.73. The van der Waals surface area contributed by atoms with Gasteiger partial charge in [-0.2, -0.15) is 0 Å². The van der Waals surface area contributed by atoms with Gasteiger partial charge in [-0.15, -0.1) is 11.3 Å². The number of benzene rings is 1. The summed E-state index contributed by atoms with van der Waals surface area (Å²) in [7, 11) is 0. The zero-order valence-electron chi connectivity index (χ0n) is 9.50. The van der Waals surface area contributed by atoms with Crippen molar-refractivity contribution in [1.29, 1.82) is 0 Å². The number of fused-ring (bicyclic) bond motifs is 1. The van der Waals surface area contributed by atoms with Crippen LogP contribution in [-0.2, 0) is 4.79 Å². The lowest BCUT2D eigenvalue weighted by atomic mass is 9.98. The Bertz CT molecular complexity index is 496. The van der Waals surface area contributed by atoms with Crippen molar-refractivity contribution in [3.05, 3.63) is 29.3 Å². The second kappa shape index (κ2) is 4.45. The van der Waals surface area contributed by atoms with E-state index in [-0.39, 0.29) is 0 Å². The SMILES string of the molecule is O=CN1CCC(c2nc3ccccc3s2)CC1. The van der Waals surface area contributed by atoms with Crippen LogP contribution in [0.5, 0.6) is 0 Å². The molecule has 3 nitrogen and oxygen atoms in total. The van der Waals surface area contributed by atoms with Crippen LogP contribution in [0.3, 0.4) is 0 Å². The van der Waals surface area contributed by atoms with Gasteiger partial charge in [0.25, 0.3) is 0 Å². The van der Waals surface area contributed by atoms with Gasteiger partial charge < -0.3 is 4.90 Å². The van der Waals surface area contributed by atoms with E-state index in [1.54, 1.807) is 11.3 Å². The van der Waals surface area contributed by atoms with Crippen molar-refractivity contribution in [2.45, 2.75) is 18.8 Å². The van der Waals surface area contributed by atoms with E-state index in [1.165, 1.54) is 9.71 Å². The monoisotopic (exact) mass is 246 g/mol. The summed E-state index contributed by atoms with van der Waals surface area (Å²) in [4.78, 5) is 17.2. The number of carbonyl (C=O) groups excluding carboxylic acids is 1. The molecule has 2 heterocycles. The van der Waals surface area contributed by atoms with E-state index in [0.29, 0.717) is 5.92 Å². The van der Waals surface area contributed by atoms with E-state index in [9.17, 15) is 4.79 Å². The highest BCUT2D eigenvalue weighted by molar-refractivity contribution is 7.18. The molecular weight excluding hydrogens is 232 g/mol. The van der Waals surface area contributed by atoms with Gasteiger partial charge in [0.15, 0.2) is 0 Å². The third-order valence-electron chi connectivity index (χ3n) is 3.34. The molecule has 0 unspecified atom stereocenters. The van der Waals surface area contributed by atoms with Crippen LogP contribution >= 0.6 is 11.3 Å². The first kappa shape index (κ1) is 10.7. The Hall–Kier alpha value is -1.42. The molecule has 4 heteroatoms. The second-order valence-electron chi connectivity index (χ2n) is 4.44. The minimum atomic E-state index is 0.531. The first-order valence-electron chi connectivity index (χ1n) is 5.91. The van der Waals surface area contributed by atoms with Crippen molar-refractivity contribution < 1.29 is 4.79 Å². The van der Waals surface area contributed by atoms with Gasteiger partial charge in [0.05, 0.1) is 15.2 Å². The average Bonchev–Trinajstić information content (AvgIpc) is 2.82. The van der Waals surface area contributed by atoms with Gasteiger partial charge in [0.2, 0.25) is 6.41 Å². The van der Waals surface area contributed by atoms with Crippen LogP contribution in [0.2, 0.25) is 0 Å². The summed E-state index contributed by atoms with van der Waals surface area (Å²) in [6.07, 6.45) is 3.03. The first-order chi connectivity index (χ1) is 8.36. The lowest BCUT2D eigenvalue weighted by Gasteiger charge is -2.27. The van der Waals surface area contributed by atoms with Crippen molar-refractivity contribution in [3.63, 3.8) is 0 Å². The van der Waals surface area contributed by atoms with Crippen molar-refractivity contribution in [2.75, 3.05) is 13.1 Å². The van der Waals surface area contributed by atoms with Crippen LogP contribution in [-0.4, -0.2) is 29.4 Å². The van der Waals surface area contributed by atoms with Gasteiger partial charge in [-0.25, -0.2) is 4.98 Å². The van der Waals surface area contributed by atoms with Gasteiger partial charge in [0, 0.05) is 19.0 Å². The standard InChI is InChI=1S/C13H14N2OS/c16-9-15-7-5-10(6-8-15)13-14-11-3-1-2-4-12(11)17-13/h1-4,9-10H,5-8H2. The molecular formula is C13H14N2OS. The molecule has 1 fully saturated rings. The number of aromatic nitrogens is 1. The Balaban J connectivity index is 1.82. The average molecular weight is 246 g/mol. The molecule has 1 aliphatic rings. The maximum Gasteiger partial charge on any atom is 0.209 e. The highest BCUT2D eigenvalue weighted by Crippen LogP contribution is 2.33. The molecule has 1 aromatic carbocycles. The zero-order valence-corrected chi connectivity index (χ0v) is 10.3. The van der Waals surface area contributed by atoms with E-state index < -0.39 is 0 Å². The van der Waals surface area contributed by atoms with E-state index >= 15 is 0 Å².